The Labute approximate surface area is 121 Å². The minimum Gasteiger partial charge on any atom is -0.514 e. The molecule has 0 aliphatic carbocycles. The second-order valence-electron chi connectivity index (χ2n) is 6.54. The van der Waals surface area contributed by atoms with E-state index in [1.54, 1.807) is 6.07 Å². The minimum atomic E-state index is -2.11. The van der Waals surface area contributed by atoms with Crippen LogP contribution in [0.2, 0.25) is 18.1 Å². The molecule has 1 heterocycles. The van der Waals surface area contributed by atoms with Crippen LogP contribution in [-0.4, -0.2) is 19.3 Å². The molecule has 0 unspecified atom stereocenters. The van der Waals surface area contributed by atoms with Crippen molar-refractivity contribution in [3.63, 3.8) is 0 Å². The lowest BCUT2D eigenvalue weighted by Crippen LogP contribution is -2.42. The third-order valence-corrected chi connectivity index (χ3v) is 8.27. The first-order valence-electron chi connectivity index (χ1n) is 6.80. The van der Waals surface area contributed by atoms with Gasteiger partial charge < -0.3 is 4.43 Å². The highest BCUT2D eigenvalue weighted by molar-refractivity contribution is 6.75. The lowest BCUT2D eigenvalue weighted by Gasteiger charge is -2.35. The lowest BCUT2D eigenvalue weighted by atomic mass is 10.2. The number of hydrogen-bond acceptors (Lipinski definition) is 3. The Morgan fingerprint density at radius 2 is 1.75 bits per heavy atom. The number of rotatable bonds is 2. The molecule has 106 valence electrons. The fourth-order valence-corrected chi connectivity index (χ4v) is 2.49. The van der Waals surface area contributed by atoms with Crippen molar-refractivity contribution in [2.75, 3.05) is 0 Å². The monoisotopic (exact) mass is 287 g/mol. The largest absolute Gasteiger partial charge is 0.514 e. The standard InChI is InChI=1S/C16H21NO2Si/c1-16(2,3)20(4,5)19-15(18)14-11-10-12-8-6-7-9-13(12)17-14/h6-11H,1-5H3. The molecule has 3 nitrogen and oxygen atoms in total. The molecule has 0 radical (unpaired) electrons. The quantitative estimate of drug-likeness (QED) is 0.769. The molecule has 0 amide bonds. The second-order valence-corrected chi connectivity index (χ2v) is 11.3. The van der Waals surface area contributed by atoms with Gasteiger partial charge in [0.25, 0.3) is 8.32 Å². The maximum Gasteiger partial charge on any atom is 0.343 e. The van der Waals surface area contributed by atoms with E-state index in [9.17, 15) is 4.79 Å². The molecule has 0 N–H and O–H groups in total. The molecule has 0 spiro atoms. The molecule has 0 fully saturated rings. The normalized spacial score (nSPS) is 12.4. The minimum absolute atomic E-state index is 0.000488. The van der Waals surface area contributed by atoms with Crippen molar-refractivity contribution in [3.05, 3.63) is 42.1 Å². The number of carbonyl (C=O) groups excluding carboxylic acids is 1. The third-order valence-electron chi connectivity index (χ3n) is 3.96. The van der Waals surface area contributed by atoms with Crippen LogP contribution in [0.25, 0.3) is 10.9 Å². The summed E-state index contributed by atoms with van der Waals surface area (Å²) in [6.07, 6.45) is 0. The Bertz CT molecular complexity index is 644. The average Bonchev–Trinajstić information content (AvgIpc) is 2.36. The van der Waals surface area contributed by atoms with Crippen LogP contribution in [0.3, 0.4) is 0 Å². The number of aromatic nitrogens is 1. The molecule has 20 heavy (non-hydrogen) atoms. The summed E-state index contributed by atoms with van der Waals surface area (Å²) >= 11 is 0. The smallest absolute Gasteiger partial charge is 0.343 e. The number of carbonyl (C=O) groups is 1. The van der Waals surface area contributed by atoms with Gasteiger partial charge in [-0.1, -0.05) is 45.0 Å². The van der Waals surface area contributed by atoms with Gasteiger partial charge in [0, 0.05) is 5.39 Å². The molecule has 1 aromatic carbocycles. The summed E-state index contributed by atoms with van der Waals surface area (Å²) in [5.74, 6) is -0.317. The number of fused-ring (bicyclic) bond motifs is 1. The Hall–Kier alpha value is -1.68. The van der Waals surface area contributed by atoms with Gasteiger partial charge in [0.05, 0.1) is 5.52 Å². The number of pyridine rings is 1. The summed E-state index contributed by atoms with van der Waals surface area (Å²) in [7, 11) is -2.11. The number of hydrogen-bond donors (Lipinski definition) is 0. The van der Waals surface area contributed by atoms with Crippen LogP contribution in [0.15, 0.2) is 36.4 Å². The fraction of sp³-hybridized carbons (Fsp3) is 0.375. The summed E-state index contributed by atoms with van der Waals surface area (Å²) in [6, 6.07) is 11.4. The zero-order chi connectivity index (χ0) is 15.0. The highest BCUT2D eigenvalue weighted by Gasteiger charge is 2.40. The van der Waals surface area contributed by atoms with Crippen LogP contribution in [0, 0.1) is 0 Å². The fourth-order valence-electron chi connectivity index (χ4n) is 1.62. The van der Waals surface area contributed by atoms with Gasteiger partial charge in [-0.15, -0.1) is 0 Å². The molecular formula is C16H21NO2Si. The highest BCUT2D eigenvalue weighted by atomic mass is 28.4. The van der Waals surface area contributed by atoms with Crippen LogP contribution in [0.4, 0.5) is 0 Å². The number of para-hydroxylation sites is 1. The summed E-state index contributed by atoms with van der Waals surface area (Å²) < 4.78 is 5.77. The lowest BCUT2D eigenvalue weighted by molar-refractivity contribution is 0.0707. The maximum absolute atomic E-state index is 12.3. The van der Waals surface area contributed by atoms with Gasteiger partial charge in [0.15, 0.2) is 0 Å². The van der Waals surface area contributed by atoms with Crippen LogP contribution in [-0.2, 0) is 4.43 Å². The Kier molecular flexibility index (Phi) is 3.69. The van der Waals surface area contributed by atoms with E-state index in [-0.39, 0.29) is 11.0 Å². The first kappa shape index (κ1) is 14.7. The van der Waals surface area contributed by atoms with Crippen molar-refractivity contribution in [1.29, 1.82) is 0 Å². The van der Waals surface area contributed by atoms with Gasteiger partial charge in [0.2, 0.25) is 0 Å². The van der Waals surface area contributed by atoms with Crippen LogP contribution in [0.1, 0.15) is 31.3 Å². The molecule has 0 saturated heterocycles. The zero-order valence-electron chi connectivity index (χ0n) is 12.7. The van der Waals surface area contributed by atoms with Crippen LogP contribution >= 0.6 is 0 Å². The van der Waals surface area contributed by atoms with Crippen molar-refractivity contribution in [2.24, 2.45) is 0 Å². The molecule has 0 aliphatic heterocycles. The summed E-state index contributed by atoms with van der Waals surface area (Å²) in [4.78, 5) is 16.7. The van der Waals surface area contributed by atoms with Crippen molar-refractivity contribution in [3.8, 4) is 0 Å². The predicted molar refractivity (Wildman–Crippen MR) is 84.4 cm³/mol. The second kappa shape index (κ2) is 5.02. The van der Waals surface area contributed by atoms with Crippen molar-refractivity contribution >= 4 is 25.2 Å². The number of benzene rings is 1. The van der Waals surface area contributed by atoms with Gasteiger partial charge in [-0.3, -0.25) is 0 Å². The zero-order valence-corrected chi connectivity index (χ0v) is 13.7. The molecule has 4 heteroatoms. The van der Waals surface area contributed by atoms with E-state index in [1.165, 1.54) is 0 Å². The molecule has 0 atom stereocenters. The Morgan fingerprint density at radius 3 is 2.40 bits per heavy atom. The van der Waals surface area contributed by atoms with Crippen molar-refractivity contribution in [1.82, 2.24) is 4.98 Å². The highest BCUT2D eigenvalue weighted by Crippen LogP contribution is 2.37. The SMILES string of the molecule is CC(C)(C)[Si](C)(C)OC(=O)c1ccc2ccccc2n1. The average molecular weight is 287 g/mol. The molecule has 1 aromatic heterocycles. The van der Waals surface area contributed by atoms with Gasteiger partial charge in [-0.25, -0.2) is 9.78 Å². The third kappa shape index (κ3) is 2.90. The van der Waals surface area contributed by atoms with E-state index in [0.717, 1.165) is 10.9 Å². The summed E-state index contributed by atoms with van der Waals surface area (Å²) in [5.41, 5.74) is 1.20. The first-order chi connectivity index (χ1) is 9.21. The summed E-state index contributed by atoms with van der Waals surface area (Å²) in [5, 5.41) is 1.02. The van der Waals surface area contributed by atoms with E-state index < -0.39 is 8.32 Å². The van der Waals surface area contributed by atoms with E-state index in [2.05, 4.69) is 38.8 Å². The van der Waals surface area contributed by atoms with E-state index >= 15 is 0 Å². The van der Waals surface area contributed by atoms with Gasteiger partial charge >= 0.3 is 5.97 Å². The van der Waals surface area contributed by atoms with Gasteiger partial charge in [0.1, 0.15) is 5.69 Å². The Morgan fingerprint density at radius 1 is 1.10 bits per heavy atom. The van der Waals surface area contributed by atoms with Crippen LogP contribution in [0.5, 0.6) is 0 Å². The van der Waals surface area contributed by atoms with E-state index in [4.69, 9.17) is 4.43 Å². The predicted octanol–water partition coefficient (Wildman–Crippen LogP) is 4.40. The molecule has 2 rings (SSSR count). The van der Waals surface area contributed by atoms with Crippen molar-refractivity contribution < 1.29 is 9.22 Å². The first-order valence-corrected chi connectivity index (χ1v) is 9.71. The molecular weight excluding hydrogens is 266 g/mol. The molecule has 2 aromatic rings. The van der Waals surface area contributed by atoms with E-state index in [0.29, 0.717) is 5.69 Å². The van der Waals surface area contributed by atoms with Crippen molar-refractivity contribution in [2.45, 2.75) is 38.9 Å². The van der Waals surface area contributed by atoms with Gasteiger partial charge in [-0.05, 0) is 30.3 Å². The summed E-state index contributed by atoms with van der Waals surface area (Å²) in [6.45, 7) is 10.5. The van der Waals surface area contributed by atoms with E-state index in [1.807, 2.05) is 30.3 Å². The topological polar surface area (TPSA) is 39.2 Å². The Balaban J connectivity index is 2.28. The van der Waals surface area contributed by atoms with Gasteiger partial charge in [-0.2, -0.15) is 0 Å². The van der Waals surface area contributed by atoms with Crippen LogP contribution < -0.4 is 0 Å². The maximum atomic E-state index is 12.3. The number of nitrogens with zero attached hydrogens (tertiary/aromatic N) is 1. The molecule has 0 saturated carbocycles. The molecule has 0 bridgehead atoms. The molecule has 0 aliphatic rings.